The molecule has 2 saturated heterocycles. The van der Waals surface area contributed by atoms with Crippen LogP contribution < -0.4 is 10.6 Å². The van der Waals surface area contributed by atoms with Crippen LogP contribution in [0.4, 0.5) is 0 Å². The third-order valence-corrected chi connectivity index (χ3v) is 6.52. The summed E-state index contributed by atoms with van der Waals surface area (Å²) in [5, 5.41) is 6.97. The minimum absolute atomic E-state index is 0.281. The highest BCUT2D eigenvalue weighted by Gasteiger charge is 2.31. The summed E-state index contributed by atoms with van der Waals surface area (Å²) in [7, 11) is 0. The number of nitrogens with one attached hydrogen (secondary N) is 2. The zero-order chi connectivity index (χ0) is 19.6. The van der Waals surface area contributed by atoms with Gasteiger partial charge in [0, 0.05) is 38.1 Å². The summed E-state index contributed by atoms with van der Waals surface area (Å²) in [5.41, 5.74) is 0. The summed E-state index contributed by atoms with van der Waals surface area (Å²) < 4.78 is 0. The standard InChI is InChI=1S/C22H41N5O/c1-2-23-22(24-13-17-26-14-8-3-4-9-15-26)25-20-12-16-27(18-20)21(28)19-10-6-5-7-11-19/h19-20H,2-18H2,1H3,(H2,23,24,25). The summed E-state index contributed by atoms with van der Waals surface area (Å²) in [6.07, 6.45) is 12.4. The number of amides is 1. The van der Waals surface area contributed by atoms with Gasteiger partial charge in [-0.05, 0) is 52.1 Å². The second-order valence-corrected chi connectivity index (χ2v) is 8.77. The van der Waals surface area contributed by atoms with E-state index in [1.54, 1.807) is 0 Å². The van der Waals surface area contributed by atoms with Gasteiger partial charge in [-0.1, -0.05) is 32.1 Å². The summed E-state index contributed by atoms with van der Waals surface area (Å²) >= 11 is 0. The highest BCUT2D eigenvalue weighted by Crippen LogP contribution is 2.26. The van der Waals surface area contributed by atoms with E-state index in [-0.39, 0.29) is 5.92 Å². The number of nitrogens with zero attached hydrogens (tertiary/aromatic N) is 3. The van der Waals surface area contributed by atoms with Crippen LogP contribution in [0.3, 0.4) is 0 Å². The molecule has 1 unspecified atom stereocenters. The van der Waals surface area contributed by atoms with Crippen molar-refractivity contribution in [3.05, 3.63) is 0 Å². The molecule has 0 aromatic heterocycles. The van der Waals surface area contributed by atoms with Gasteiger partial charge in [0.05, 0.1) is 6.54 Å². The van der Waals surface area contributed by atoms with Gasteiger partial charge in [-0.25, -0.2) is 0 Å². The molecule has 3 fully saturated rings. The average molecular weight is 392 g/mol. The van der Waals surface area contributed by atoms with Crippen molar-refractivity contribution in [2.45, 2.75) is 77.2 Å². The highest BCUT2D eigenvalue weighted by atomic mass is 16.2. The maximum atomic E-state index is 12.8. The van der Waals surface area contributed by atoms with E-state index in [9.17, 15) is 4.79 Å². The Morgan fingerprint density at radius 2 is 1.68 bits per heavy atom. The summed E-state index contributed by atoms with van der Waals surface area (Å²) in [6, 6.07) is 0.323. The molecule has 6 nitrogen and oxygen atoms in total. The first kappa shape index (κ1) is 21.4. The molecule has 2 N–H and O–H groups in total. The SMILES string of the molecule is CCNC(=NCCN1CCCCCC1)NC1CCN(C(=O)C2CCCCC2)C1. The molecule has 0 aromatic rings. The Morgan fingerprint density at radius 3 is 2.39 bits per heavy atom. The number of guanidine groups is 1. The summed E-state index contributed by atoms with van der Waals surface area (Å²) in [4.78, 5) is 22.2. The molecule has 2 heterocycles. The molecule has 0 aromatic carbocycles. The fourth-order valence-corrected chi connectivity index (χ4v) is 4.86. The topological polar surface area (TPSA) is 60.0 Å². The van der Waals surface area contributed by atoms with Crippen molar-refractivity contribution in [2.75, 3.05) is 45.8 Å². The lowest BCUT2D eigenvalue weighted by Gasteiger charge is -2.26. The van der Waals surface area contributed by atoms with Crippen LogP contribution in [0, 0.1) is 5.92 Å². The first-order chi connectivity index (χ1) is 13.8. The van der Waals surface area contributed by atoms with E-state index in [1.165, 1.54) is 58.0 Å². The molecular formula is C22H41N5O. The van der Waals surface area contributed by atoms with Crippen LogP contribution in [0.1, 0.15) is 71.1 Å². The molecule has 3 rings (SSSR count). The fourth-order valence-electron chi connectivity index (χ4n) is 4.86. The van der Waals surface area contributed by atoms with Crippen molar-refractivity contribution >= 4 is 11.9 Å². The predicted octanol–water partition coefficient (Wildman–Crippen LogP) is 2.60. The summed E-state index contributed by atoms with van der Waals surface area (Å²) in [6.45, 7) is 9.03. The van der Waals surface area contributed by atoms with Crippen molar-refractivity contribution in [2.24, 2.45) is 10.9 Å². The monoisotopic (exact) mass is 391 g/mol. The van der Waals surface area contributed by atoms with E-state index >= 15 is 0 Å². The van der Waals surface area contributed by atoms with Crippen LogP contribution in [0.2, 0.25) is 0 Å². The Balaban J connectivity index is 1.43. The van der Waals surface area contributed by atoms with E-state index in [0.29, 0.717) is 11.9 Å². The number of likely N-dealkylation sites (tertiary alicyclic amines) is 2. The molecule has 1 atom stereocenters. The van der Waals surface area contributed by atoms with Crippen LogP contribution in [0.5, 0.6) is 0 Å². The van der Waals surface area contributed by atoms with Crippen molar-refractivity contribution in [1.29, 1.82) is 0 Å². The maximum Gasteiger partial charge on any atom is 0.225 e. The fraction of sp³-hybridized carbons (Fsp3) is 0.909. The molecule has 0 spiro atoms. The number of carbonyl (C=O) groups is 1. The normalized spacial score (nSPS) is 25.5. The molecule has 0 radical (unpaired) electrons. The van der Waals surface area contributed by atoms with Gasteiger partial charge < -0.3 is 20.4 Å². The van der Waals surface area contributed by atoms with Crippen LogP contribution in [0.25, 0.3) is 0 Å². The smallest absolute Gasteiger partial charge is 0.225 e. The van der Waals surface area contributed by atoms with Crippen molar-refractivity contribution in [3.8, 4) is 0 Å². The van der Waals surface area contributed by atoms with Gasteiger partial charge in [-0.15, -0.1) is 0 Å². The van der Waals surface area contributed by atoms with E-state index in [2.05, 4.69) is 27.4 Å². The molecule has 1 saturated carbocycles. The van der Waals surface area contributed by atoms with Crippen LogP contribution >= 0.6 is 0 Å². The van der Waals surface area contributed by atoms with Crippen molar-refractivity contribution in [1.82, 2.24) is 20.4 Å². The predicted molar refractivity (Wildman–Crippen MR) is 116 cm³/mol. The molecule has 2 aliphatic heterocycles. The average Bonchev–Trinajstić information content (AvgIpc) is 3.03. The van der Waals surface area contributed by atoms with E-state index < -0.39 is 0 Å². The van der Waals surface area contributed by atoms with E-state index in [4.69, 9.17) is 4.99 Å². The van der Waals surface area contributed by atoms with Crippen molar-refractivity contribution in [3.63, 3.8) is 0 Å². The van der Waals surface area contributed by atoms with Gasteiger partial charge in [0.1, 0.15) is 0 Å². The first-order valence-electron chi connectivity index (χ1n) is 11.8. The molecule has 3 aliphatic rings. The van der Waals surface area contributed by atoms with E-state index in [1.807, 2.05) is 0 Å². The second-order valence-electron chi connectivity index (χ2n) is 8.77. The van der Waals surface area contributed by atoms with Gasteiger partial charge in [-0.3, -0.25) is 9.79 Å². The Hall–Kier alpha value is -1.30. The Kier molecular flexibility index (Phi) is 8.90. The van der Waals surface area contributed by atoms with Crippen molar-refractivity contribution < 1.29 is 4.79 Å². The van der Waals surface area contributed by atoms with Gasteiger partial charge in [0.15, 0.2) is 5.96 Å². The number of aliphatic imine (C=N–C) groups is 1. The number of hydrogen-bond donors (Lipinski definition) is 2. The van der Waals surface area contributed by atoms with Crippen LogP contribution in [-0.2, 0) is 4.79 Å². The Bertz CT molecular complexity index is 495. The lowest BCUT2D eigenvalue weighted by atomic mass is 9.88. The lowest BCUT2D eigenvalue weighted by molar-refractivity contribution is -0.135. The Labute approximate surface area is 171 Å². The third kappa shape index (κ3) is 6.64. The quantitative estimate of drug-likeness (QED) is 0.540. The molecule has 1 aliphatic carbocycles. The zero-order valence-corrected chi connectivity index (χ0v) is 17.9. The molecule has 0 bridgehead atoms. The molecule has 1 amide bonds. The van der Waals surface area contributed by atoms with Crippen LogP contribution in [0.15, 0.2) is 4.99 Å². The zero-order valence-electron chi connectivity index (χ0n) is 17.9. The van der Waals surface area contributed by atoms with Gasteiger partial charge in [-0.2, -0.15) is 0 Å². The number of carbonyl (C=O) groups excluding carboxylic acids is 1. The first-order valence-corrected chi connectivity index (χ1v) is 11.8. The van der Waals surface area contributed by atoms with Gasteiger partial charge in [0.25, 0.3) is 0 Å². The molecular weight excluding hydrogens is 350 g/mol. The third-order valence-electron chi connectivity index (χ3n) is 6.52. The van der Waals surface area contributed by atoms with E-state index in [0.717, 1.165) is 57.9 Å². The number of hydrogen-bond acceptors (Lipinski definition) is 3. The molecule has 6 heteroatoms. The van der Waals surface area contributed by atoms with Crippen LogP contribution in [-0.4, -0.2) is 73.5 Å². The molecule has 160 valence electrons. The largest absolute Gasteiger partial charge is 0.357 e. The van der Waals surface area contributed by atoms with Gasteiger partial charge in [0.2, 0.25) is 5.91 Å². The highest BCUT2D eigenvalue weighted by molar-refractivity contribution is 5.81. The second kappa shape index (κ2) is 11.6. The minimum Gasteiger partial charge on any atom is -0.357 e. The number of rotatable bonds is 6. The minimum atomic E-state index is 0.281. The summed E-state index contributed by atoms with van der Waals surface area (Å²) in [5.74, 6) is 1.59. The maximum absolute atomic E-state index is 12.8. The molecule has 28 heavy (non-hydrogen) atoms. The van der Waals surface area contributed by atoms with Gasteiger partial charge >= 0.3 is 0 Å². The Morgan fingerprint density at radius 1 is 0.964 bits per heavy atom. The lowest BCUT2D eigenvalue weighted by Crippen LogP contribution is -2.46.